The van der Waals surface area contributed by atoms with Crippen LogP contribution in [-0.4, -0.2) is 10.9 Å². The lowest BCUT2D eigenvalue weighted by atomic mass is 10.1. The van der Waals surface area contributed by atoms with Crippen molar-refractivity contribution in [2.24, 2.45) is 5.16 Å². The monoisotopic (exact) mass is 171 g/mol. The van der Waals surface area contributed by atoms with Crippen LogP contribution in [0.15, 0.2) is 23.4 Å². The van der Waals surface area contributed by atoms with E-state index in [0.717, 1.165) is 18.2 Å². The van der Waals surface area contributed by atoms with Crippen molar-refractivity contribution in [3.8, 4) is 0 Å². The Labute approximate surface area is 68.1 Å². The SMILES string of the molecule is C/C(=N/O)c1cc(F)ccc1F. The van der Waals surface area contributed by atoms with Crippen LogP contribution in [0.2, 0.25) is 0 Å². The molecular formula is C8H7F2NO. The van der Waals surface area contributed by atoms with Crippen molar-refractivity contribution in [2.45, 2.75) is 6.92 Å². The zero-order valence-electron chi connectivity index (χ0n) is 6.38. The highest BCUT2D eigenvalue weighted by Gasteiger charge is 2.06. The van der Waals surface area contributed by atoms with Crippen LogP contribution in [-0.2, 0) is 0 Å². The standard InChI is InChI=1S/C8H7F2NO/c1-5(11-12)7-4-6(9)2-3-8(7)10/h2-4,12H,1H3/b11-5-. The minimum absolute atomic E-state index is 0.0301. The average molecular weight is 171 g/mol. The van der Waals surface area contributed by atoms with Gasteiger partial charge in [-0.25, -0.2) is 8.78 Å². The second-order valence-electron chi connectivity index (χ2n) is 2.31. The van der Waals surface area contributed by atoms with Gasteiger partial charge in [0.2, 0.25) is 0 Å². The third kappa shape index (κ3) is 1.58. The highest BCUT2D eigenvalue weighted by molar-refractivity contribution is 5.98. The van der Waals surface area contributed by atoms with Crippen molar-refractivity contribution in [2.75, 3.05) is 0 Å². The first-order valence-corrected chi connectivity index (χ1v) is 3.29. The predicted molar refractivity (Wildman–Crippen MR) is 40.4 cm³/mol. The molecule has 0 unspecified atom stereocenters. The van der Waals surface area contributed by atoms with Gasteiger partial charge < -0.3 is 5.21 Å². The van der Waals surface area contributed by atoms with E-state index in [9.17, 15) is 8.78 Å². The Morgan fingerprint density at radius 3 is 2.67 bits per heavy atom. The van der Waals surface area contributed by atoms with Gasteiger partial charge in [0.25, 0.3) is 0 Å². The maximum absolute atomic E-state index is 12.8. The van der Waals surface area contributed by atoms with Crippen molar-refractivity contribution >= 4 is 5.71 Å². The Hall–Kier alpha value is -1.45. The lowest BCUT2D eigenvalue weighted by Gasteiger charge is -1.99. The molecule has 0 bridgehead atoms. The topological polar surface area (TPSA) is 32.6 Å². The molecule has 0 aromatic heterocycles. The lowest BCUT2D eigenvalue weighted by Crippen LogP contribution is -1.99. The van der Waals surface area contributed by atoms with E-state index < -0.39 is 11.6 Å². The Balaban J connectivity index is 3.23. The zero-order valence-corrected chi connectivity index (χ0v) is 6.38. The molecule has 0 aliphatic carbocycles. The summed E-state index contributed by atoms with van der Waals surface area (Å²) < 4.78 is 25.4. The number of hydrogen-bond donors (Lipinski definition) is 1. The van der Waals surface area contributed by atoms with E-state index >= 15 is 0 Å². The van der Waals surface area contributed by atoms with Crippen LogP contribution in [0.1, 0.15) is 12.5 Å². The van der Waals surface area contributed by atoms with Crippen LogP contribution < -0.4 is 0 Å². The molecule has 4 heteroatoms. The van der Waals surface area contributed by atoms with E-state index in [1.807, 2.05) is 0 Å². The zero-order chi connectivity index (χ0) is 9.14. The van der Waals surface area contributed by atoms with E-state index in [4.69, 9.17) is 5.21 Å². The molecule has 0 atom stereocenters. The number of halogens is 2. The van der Waals surface area contributed by atoms with Crippen LogP contribution >= 0.6 is 0 Å². The van der Waals surface area contributed by atoms with E-state index in [2.05, 4.69) is 5.16 Å². The van der Waals surface area contributed by atoms with Gasteiger partial charge in [-0.1, -0.05) is 5.16 Å². The first-order chi connectivity index (χ1) is 5.65. The Morgan fingerprint density at radius 2 is 2.08 bits per heavy atom. The van der Waals surface area contributed by atoms with Crippen LogP contribution in [0.5, 0.6) is 0 Å². The van der Waals surface area contributed by atoms with Crippen LogP contribution in [0.4, 0.5) is 8.78 Å². The lowest BCUT2D eigenvalue weighted by molar-refractivity contribution is 0.319. The molecule has 12 heavy (non-hydrogen) atoms. The smallest absolute Gasteiger partial charge is 0.132 e. The molecule has 0 saturated heterocycles. The van der Waals surface area contributed by atoms with Crippen molar-refractivity contribution < 1.29 is 14.0 Å². The summed E-state index contributed by atoms with van der Waals surface area (Å²) in [5.41, 5.74) is 0.0181. The molecule has 0 fully saturated rings. The summed E-state index contributed by atoms with van der Waals surface area (Å²) in [4.78, 5) is 0. The highest BCUT2D eigenvalue weighted by atomic mass is 19.1. The molecule has 1 aromatic carbocycles. The molecule has 0 aliphatic rings. The molecular weight excluding hydrogens is 164 g/mol. The maximum atomic E-state index is 12.8. The fourth-order valence-corrected chi connectivity index (χ4v) is 0.829. The third-order valence-electron chi connectivity index (χ3n) is 1.47. The maximum Gasteiger partial charge on any atom is 0.132 e. The fourth-order valence-electron chi connectivity index (χ4n) is 0.829. The molecule has 0 amide bonds. The van der Waals surface area contributed by atoms with E-state index in [1.165, 1.54) is 6.92 Å². The van der Waals surface area contributed by atoms with Gasteiger partial charge in [-0.3, -0.25) is 0 Å². The van der Waals surface area contributed by atoms with Gasteiger partial charge >= 0.3 is 0 Å². The minimum atomic E-state index is -0.605. The van der Waals surface area contributed by atoms with Gasteiger partial charge in [0.15, 0.2) is 0 Å². The molecule has 0 radical (unpaired) electrons. The van der Waals surface area contributed by atoms with Crippen LogP contribution in [0.25, 0.3) is 0 Å². The summed E-state index contributed by atoms with van der Waals surface area (Å²) >= 11 is 0. The van der Waals surface area contributed by atoms with Crippen molar-refractivity contribution in [1.29, 1.82) is 0 Å². The highest BCUT2D eigenvalue weighted by Crippen LogP contribution is 2.10. The third-order valence-corrected chi connectivity index (χ3v) is 1.47. The number of nitrogens with zero attached hydrogens (tertiary/aromatic N) is 1. The second kappa shape index (κ2) is 3.30. The Morgan fingerprint density at radius 1 is 1.42 bits per heavy atom. The number of benzene rings is 1. The van der Waals surface area contributed by atoms with Gasteiger partial charge in [-0.05, 0) is 25.1 Å². The van der Waals surface area contributed by atoms with Gasteiger partial charge in [0, 0.05) is 5.56 Å². The summed E-state index contributed by atoms with van der Waals surface area (Å²) in [6.07, 6.45) is 0. The molecule has 64 valence electrons. The van der Waals surface area contributed by atoms with Gasteiger partial charge in [-0.15, -0.1) is 0 Å². The van der Waals surface area contributed by atoms with E-state index in [-0.39, 0.29) is 11.3 Å². The summed E-state index contributed by atoms with van der Waals surface area (Å²) in [6.45, 7) is 1.39. The number of rotatable bonds is 1. The molecule has 0 spiro atoms. The molecule has 0 heterocycles. The van der Waals surface area contributed by atoms with Gasteiger partial charge in [-0.2, -0.15) is 0 Å². The van der Waals surface area contributed by atoms with Gasteiger partial charge in [0.05, 0.1) is 5.71 Å². The van der Waals surface area contributed by atoms with Gasteiger partial charge in [0.1, 0.15) is 11.6 Å². The Kier molecular flexibility index (Phi) is 2.38. The molecule has 0 aliphatic heterocycles. The fraction of sp³-hybridized carbons (Fsp3) is 0.125. The minimum Gasteiger partial charge on any atom is -0.411 e. The van der Waals surface area contributed by atoms with Crippen molar-refractivity contribution in [1.82, 2.24) is 0 Å². The first-order valence-electron chi connectivity index (χ1n) is 3.29. The molecule has 1 rings (SSSR count). The van der Waals surface area contributed by atoms with Crippen LogP contribution in [0, 0.1) is 11.6 Å². The Bertz CT molecular complexity index is 323. The average Bonchev–Trinajstić information content (AvgIpc) is 2.08. The number of oxime groups is 1. The summed E-state index contributed by atoms with van der Waals surface area (Å²) in [5, 5.41) is 11.1. The normalized spacial score (nSPS) is 11.8. The molecule has 0 saturated carbocycles. The van der Waals surface area contributed by atoms with E-state index in [0.29, 0.717) is 0 Å². The molecule has 1 aromatic rings. The van der Waals surface area contributed by atoms with Crippen molar-refractivity contribution in [3.05, 3.63) is 35.4 Å². The molecule has 2 nitrogen and oxygen atoms in total. The largest absolute Gasteiger partial charge is 0.411 e. The van der Waals surface area contributed by atoms with Crippen LogP contribution in [0.3, 0.4) is 0 Å². The number of hydrogen-bond acceptors (Lipinski definition) is 2. The summed E-state index contributed by atoms with van der Waals surface area (Å²) in [5.74, 6) is -1.17. The summed E-state index contributed by atoms with van der Waals surface area (Å²) in [7, 11) is 0. The molecule has 1 N–H and O–H groups in total. The predicted octanol–water partition coefficient (Wildman–Crippen LogP) is 2.16. The van der Waals surface area contributed by atoms with Crippen molar-refractivity contribution in [3.63, 3.8) is 0 Å². The van der Waals surface area contributed by atoms with E-state index in [1.54, 1.807) is 0 Å². The summed E-state index contributed by atoms with van der Waals surface area (Å²) in [6, 6.07) is 2.97. The second-order valence-corrected chi connectivity index (χ2v) is 2.31. The quantitative estimate of drug-likeness (QED) is 0.392. The first kappa shape index (κ1) is 8.64.